The van der Waals surface area contributed by atoms with Crippen molar-refractivity contribution in [2.24, 2.45) is 0 Å². The van der Waals surface area contributed by atoms with E-state index in [0.717, 1.165) is 5.56 Å². The molecule has 1 unspecified atom stereocenters. The van der Waals surface area contributed by atoms with Crippen molar-refractivity contribution >= 4 is 11.7 Å². The molecule has 0 bridgehead atoms. The van der Waals surface area contributed by atoms with Crippen molar-refractivity contribution in [1.29, 1.82) is 0 Å². The summed E-state index contributed by atoms with van der Waals surface area (Å²) in [5.41, 5.74) is 1.43. The summed E-state index contributed by atoms with van der Waals surface area (Å²) in [6.45, 7) is 0.364. The van der Waals surface area contributed by atoms with Gasteiger partial charge in [0.05, 0.1) is 17.9 Å². The minimum Gasteiger partial charge on any atom is -0.336 e. The molecular formula is C16H19FN4O. The summed E-state index contributed by atoms with van der Waals surface area (Å²) in [5, 5.41) is 5.48. The Kier molecular flexibility index (Phi) is 5.43. The molecule has 2 amide bonds. The number of likely N-dealkylation sites (N-methyl/N-ethyl adjacent to an activating group) is 1. The standard InChI is InChI=1S/C16H19FN4O/c1-21(2)15(12-5-3-6-13(17)9-12)11-19-16(22)20-14-7-4-8-18-10-14/h3-10,15H,11H2,1-2H3,(H2,19,20,22). The Hall–Kier alpha value is -2.47. The zero-order valence-corrected chi connectivity index (χ0v) is 12.6. The Bertz CT molecular complexity index is 619. The first-order valence-electron chi connectivity index (χ1n) is 6.93. The molecule has 6 heteroatoms. The molecule has 1 aromatic carbocycles. The number of aromatic nitrogens is 1. The van der Waals surface area contributed by atoms with Crippen LogP contribution in [0.1, 0.15) is 11.6 Å². The Balaban J connectivity index is 1.96. The van der Waals surface area contributed by atoms with E-state index >= 15 is 0 Å². The molecule has 2 N–H and O–H groups in total. The van der Waals surface area contributed by atoms with Gasteiger partial charge in [-0.25, -0.2) is 9.18 Å². The smallest absolute Gasteiger partial charge is 0.319 e. The maximum Gasteiger partial charge on any atom is 0.319 e. The van der Waals surface area contributed by atoms with E-state index in [1.165, 1.54) is 12.1 Å². The van der Waals surface area contributed by atoms with Crippen LogP contribution in [-0.2, 0) is 0 Å². The third-order valence-corrected chi connectivity index (χ3v) is 3.23. The third-order valence-electron chi connectivity index (χ3n) is 3.23. The van der Waals surface area contributed by atoms with E-state index < -0.39 is 0 Å². The zero-order chi connectivity index (χ0) is 15.9. The minimum absolute atomic E-state index is 0.115. The summed E-state index contributed by atoms with van der Waals surface area (Å²) < 4.78 is 13.4. The van der Waals surface area contributed by atoms with Gasteiger partial charge in [0.2, 0.25) is 0 Å². The van der Waals surface area contributed by atoms with Gasteiger partial charge in [-0.05, 0) is 43.9 Å². The molecule has 0 saturated heterocycles. The van der Waals surface area contributed by atoms with E-state index in [1.54, 1.807) is 30.6 Å². The van der Waals surface area contributed by atoms with Crippen molar-refractivity contribution in [1.82, 2.24) is 15.2 Å². The quantitative estimate of drug-likeness (QED) is 0.892. The predicted molar refractivity (Wildman–Crippen MR) is 84.1 cm³/mol. The van der Waals surface area contributed by atoms with Crippen LogP contribution in [0, 0.1) is 5.82 Å². The number of rotatable bonds is 5. The molecule has 1 aromatic heterocycles. The Labute approximate surface area is 129 Å². The minimum atomic E-state index is -0.323. The SMILES string of the molecule is CN(C)C(CNC(=O)Nc1cccnc1)c1cccc(F)c1. The normalized spacial score (nSPS) is 12.0. The first-order valence-corrected chi connectivity index (χ1v) is 6.93. The zero-order valence-electron chi connectivity index (χ0n) is 12.6. The van der Waals surface area contributed by atoms with Crippen LogP contribution in [0.15, 0.2) is 48.8 Å². The summed E-state index contributed by atoms with van der Waals surface area (Å²) in [6, 6.07) is 9.44. The van der Waals surface area contributed by atoms with Gasteiger partial charge in [-0.2, -0.15) is 0 Å². The summed E-state index contributed by atoms with van der Waals surface area (Å²) >= 11 is 0. The van der Waals surface area contributed by atoms with Gasteiger partial charge in [-0.1, -0.05) is 12.1 Å². The van der Waals surface area contributed by atoms with Gasteiger partial charge in [0.25, 0.3) is 0 Å². The molecule has 2 rings (SSSR count). The summed E-state index contributed by atoms with van der Waals surface area (Å²) in [4.78, 5) is 17.8. The highest BCUT2D eigenvalue weighted by Crippen LogP contribution is 2.18. The van der Waals surface area contributed by atoms with Crippen LogP contribution < -0.4 is 10.6 Å². The van der Waals surface area contributed by atoms with Crippen molar-refractivity contribution in [2.75, 3.05) is 26.0 Å². The monoisotopic (exact) mass is 302 g/mol. The van der Waals surface area contributed by atoms with E-state index in [-0.39, 0.29) is 17.9 Å². The molecule has 2 aromatic rings. The molecule has 0 radical (unpaired) electrons. The maximum atomic E-state index is 13.4. The number of hydrogen-bond acceptors (Lipinski definition) is 3. The van der Waals surface area contributed by atoms with E-state index in [0.29, 0.717) is 12.2 Å². The molecule has 0 aliphatic carbocycles. The van der Waals surface area contributed by atoms with E-state index in [1.807, 2.05) is 25.1 Å². The largest absolute Gasteiger partial charge is 0.336 e. The predicted octanol–water partition coefficient (Wildman–Crippen LogP) is 2.65. The molecular weight excluding hydrogens is 283 g/mol. The maximum absolute atomic E-state index is 13.4. The van der Waals surface area contributed by atoms with Crippen LogP contribution in [0.3, 0.4) is 0 Å². The number of hydrogen-bond donors (Lipinski definition) is 2. The average Bonchev–Trinajstić information content (AvgIpc) is 2.48. The highest BCUT2D eigenvalue weighted by molar-refractivity contribution is 5.88. The second-order valence-corrected chi connectivity index (χ2v) is 5.11. The van der Waals surface area contributed by atoms with Crippen LogP contribution >= 0.6 is 0 Å². The van der Waals surface area contributed by atoms with Gasteiger partial charge in [0, 0.05) is 12.7 Å². The van der Waals surface area contributed by atoms with E-state index in [4.69, 9.17) is 0 Å². The molecule has 22 heavy (non-hydrogen) atoms. The van der Waals surface area contributed by atoms with Gasteiger partial charge in [0.1, 0.15) is 5.82 Å². The first kappa shape index (κ1) is 15.9. The van der Waals surface area contributed by atoms with Gasteiger partial charge in [0.15, 0.2) is 0 Å². The van der Waals surface area contributed by atoms with Crippen molar-refractivity contribution in [3.8, 4) is 0 Å². The van der Waals surface area contributed by atoms with Crippen molar-refractivity contribution in [3.05, 3.63) is 60.2 Å². The summed E-state index contributed by atoms with van der Waals surface area (Å²) in [5.74, 6) is -0.288. The molecule has 0 spiro atoms. The Morgan fingerprint density at radius 1 is 1.32 bits per heavy atom. The topological polar surface area (TPSA) is 57.3 Å². The van der Waals surface area contributed by atoms with Crippen molar-refractivity contribution in [2.45, 2.75) is 6.04 Å². The lowest BCUT2D eigenvalue weighted by Gasteiger charge is -2.25. The lowest BCUT2D eigenvalue weighted by molar-refractivity contribution is 0.243. The number of benzene rings is 1. The number of halogens is 1. The van der Waals surface area contributed by atoms with Crippen LogP contribution in [0.2, 0.25) is 0 Å². The highest BCUT2D eigenvalue weighted by atomic mass is 19.1. The molecule has 1 heterocycles. The second-order valence-electron chi connectivity index (χ2n) is 5.11. The lowest BCUT2D eigenvalue weighted by atomic mass is 10.1. The van der Waals surface area contributed by atoms with Crippen LogP contribution in [0.25, 0.3) is 0 Å². The number of nitrogens with zero attached hydrogens (tertiary/aromatic N) is 2. The van der Waals surface area contributed by atoms with Crippen molar-refractivity contribution < 1.29 is 9.18 Å². The first-order chi connectivity index (χ1) is 10.6. The highest BCUT2D eigenvalue weighted by Gasteiger charge is 2.15. The Morgan fingerprint density at radius 2 is 2.14 bits per heavy atom. The Morgan fingerprint density at radius 3 is 2.77 bits per heavy atom. The number of amides is 2. The number of carbonyl (C=O) groups excluding carboxylic acids is 1. The molecule has 0 aliphatic rings. The fraction of sp³-hybridized carbons (Fsp3) is 0.250. The molecule has 0 fully saturated rings. The molecule has 0 aliphatic heterocycles. The van der Waals surface area contributed by atoms with Crippen LogP contribution in [-0.4, -0.2) is 36.6 Å². The number of nitrogens with one attached hydrogen (secondary N) is 2. The average molecular weight is 302 g/mol. The summed E-state index contributed by atoms with van der Waals surface area (Å²) in [7, 11) is 3.77. The fourth-order valence-corrected chi connectivity index (χ4v) is 2.11. The molecule has 0 saturated carbocycles. The van der Waals surface area contributed by atoms with Gasteiger partial charge >= 0.3 is 6.03 Å². The number of anilines is 1. The third kappa shape index (κ3) is 4.53. The molecule has 1 atom stereocenters. The van der Waals surface area contributed by atoms with Crippen LogP contribution in [0.4, 0.5) is 14.9 Å². The van der Waals surface area contributed by atoms with E-state index in [2.05, 4.69) is 15.6 Å². The summed E-state index contributed by atoms with van der Waals surface area (Å²) in [6.07, 6.45) is 3.20. The van der Waals surface area contributed by atoms with E-state index in [9.17, 15) is 9.18 Å². The van der Waals surface area contributed by atoms with Gasteiger partial charge in [-0.3, -0.25) is 4.98 Å². The number of carbonyl (C=O) groups is 1. The van der Waals surface area contributed by atoms with Gasteiger partial charge in [-0.15, -0.1) is 0 Å². The fourth-order valence-electron chi connectivity index (χ4n) is 2.11. The number of urea groups is 1. The number of pyridine rings is 1. The van der Waals surface area contributed by atoms with Gasteiger partial charge < -0.3 is 15.5 Å². The molecule has 5 nitrogen and oxygen atoms in total. The second kappa shape index (κ2) is 7.51. The lowest BCUT2D eigenvalue weighted by Crippen LogP contribution is -2.36. The molecule has 116 valence electrons. The van der Waals surface area contributed by atoms with Crippen LogP contribution in [0.5, 0.6) is 0 Å². The van der Waals surface area contributed by atoms with Crippen molar-refractivity contribution in [3.63, 3.8) is 0 Å².